The van der Waals surface area contributed by atoms with Gasteiger partial charge >= 0.3 is 97.1 Å². The Bertz CT molecular complexity index is 386. The summed E-state index contributed by atoms with van der Waals surface area (Å²) >= 11 is -0.601. The van der Waals surface area contributed by atoms with Gasteiger partial charge in [0, 0.05) is 0 Å². The van der Waals surface area contributed by atoms with Crippen molar-refractivity contribution in [2.45, 2.75) is 33.1 Å². The second-order valence-electron chi connectivity index (χ2n) is 4.38. The summed E-state index contributed by atoms with van der Waals surface area (Å²) in [6, 6.07) is 0. The molecule has 0 fully saturated rings. The summed E-state index contributed by atoms with van der Waals surface area (Å²) in [4.78, 5) is 0. The first kappa shape index (κ1) is 14.5. The summed E-state index contributed by atoms with van der Waals surface area (Å²) in [5.74, 6) is 0. The first-order valence-corrected chi connectivity index (χ1v) is 8.90. The van der Waals surface area contributed by atoms with Crippen molar-refractivity contribution < 1.29 is 47.7 Å². The molecule has 0 aromatic carbocycles. The average Bonchev–Trinajstić information content (AvgIpc) is 2.72. The van der Waals surface area contributed by atoms with E-state index in [1.54, 1.807) is 22.3 Å². The Hall–Kier alpha value is 0.410. The maximum Gasteiger partial charge on any atom is -1.00 e. The van der Waals surface area contributed by atoms with Crippen molar-refractivity contribution in [2.24, 2.45) is 0 Å². The van der Waals surface area contributed by atoms with Crippen LogP contribution in [-0.2, 0) is 22.9 Å². The minimum absolute atomic E-state index is 0. The summed E-state index contributed by atoms with van der Waals surface area (Å²) in [6.07, 6.45) is 8.77. The fourth-order valence-electron chi connectivity index (χ4n) is 2.54. The molecule has 0 spiro atoms. The molecule has 0 radical (unpaired) electrons. The zero-order chi connectivity index (χ0) is 9.71. The van der Waals surface area contributed by atoms with Crippen LogP contribution in [0.4, 0.5) is 0 Å². The van der Waals surface area contributed by atoms with E-state index in [4.69, 9.17) is 0 Å². The van der Waals surface area contributed by atoms with Gasteiger partial charge in [0.2, 0.25) is 0 Å². The van der Waals surface area contributed by atoms with Gasteiger partial charge in [-0.1, -0.05) is 0 Å². The van der Waals surface area contributed by atoms with E-state index in [-0.39, 0.29) is 24.8 Å². The topological polar surface area (TPSA) is 0 Å². The van der Waals surface area contributed by atoms with E-state index in [0.29, 0.717) is 0 Å². The van der Waals surface area contributed by atoms with Gasteiger partial charge in [0.25, 0.3) is 0 Å². The molecular formula is C13H14Cl2Hf. The molecule has 3 aliphatic rings. The number of rotatable bonds is 0. The van der Waals surface area contributed by atoms with Crippen LogP contribution in [0.15, 0.2) is 41.1 Å². The van der Waals surface area contributed by atoms with Gasteiger partial charge in [-0.25, -0.2) is 0 Å². The molecule has 1 heterocycles. The summed E-state index contributed by atoms with van der Waals surface area (Å²) in [7, 11) is 0. The fourth-order valence-corrected chi connectivity index (χ4v) is 7.81. The number of hydrogen-bond donors (Lipinski definition) is 0. The van der Waals surface area contributed by atoms with Gasteiger partial charge in [-0.2, -0.15) is 0 Å². The summed E-state index contributed by atoms with van der Waals surface area (Å²) in [5.41, 5.74) is 6.62. The third-order valence-corrected chi connectivity index (χ3v) is 9.99. The zero-order valence-electron chi connectivity index (χ0n) is 9.53. The van der Waals surface area contributed by atoms with Crippen molar-refractivity contribution >= 4 is 0 Å². The standard InChI is InChI=1S/C13H14.2ClH.Hf/c1-10-5-3-7-12(10)9-13-8-4-6-11(13)2;;;/h7-8H,3-4,9H2,1-2H3;2*1H;/q;;;+2/p-2. The van der Waals surface area contributed by atoms with Crippen molar-refractivity contribution in [1.82, 2.24) is 0 Å². The average molecular weight is 420 g/mol. The van der Waals surface area contributed by atoms with Crippen LogP contribution in [0.1, 0.15) is 33.1 Å². The minimum Gasteiger partial charge on any atom is -1.00 e. The largest absolute Gasteiger partial charge is 1.00 e. The van der Waals surface area contributed by atoms with Gasteiger partial charge in [-0.05, 0) is 0 Å². The molecular weight excluding hydrogens is 406 g/mol. The predicted molar refractivity (Wildman–Crippen MR) is 55.4 cm³/mol. The number of allylic oxidation sites excluding steroid dienone is 8. The van der Waals surface area contributed by atoms with Crippen molar-refractivity contribution in [3.63, 3.8) is 0 Å². The fraction of sp³-hybridized carbons (Fsp3) is 0.385. The molecule has 1 aliphatic heterocycles. The van der Waals surface area contributed by atoms with E-state index < -0.39 is 22.9 Å². The van der Waals surface area contributed by atoms with Crippen LogP contribution >= 0.6 is 0 Å². The van der Waals surface area contributed by atoms with E-state index in [2.05, 4.69) is 26.0 Å². The summed E-state index contributed by atoms with van der Waals surface area (Å²) in [5, 5.41) is 0. The molecule has 84 valence electrons. The van der Waals surface area contributed by atoms with Crippen LogP contribution in [0.5, 0.6) is 0 Å². The van der Waals surface area contributed by atoms with Crippen LogP contribution < -0.4 is 24.8 Å². The van der Waals surface area contributed by atoms with Gasteiger partial charge in [0.1, 0.15) is 0 Å². The number of hydrogen-bond acceptors (Lipinski definition) is 0. The van der Waals surface area contributed by atoms with Crippen molar-refractivity contribution in [1.29, 1.82) is 0 Å². The third kappa shape index (κ3) is 2.19. The van der Waals surface area contributed by atoms with Crippen LogP contribution in [-0.4, -0.2) is 0 Å². The van der Waals surface area contributed by atoms with Crippen LogP contribution in [0.2, 0.25) is 0 Å². The van der Waals surface area contributed by atoms with Gasteiger partial charge in [0.15, 0.2) is 0 Å². The molecule has 0 aromatic rings. The summed E-state index contributed by atoms with van der Waals surface area (Å²) in [6.45, 7) is 4.70. The molecule has 3 heteroatoms. The Morgan fingerprint density at radius 3 is 1.75 bits per heavy atom. The Morgan fingerprint density at radius 2 is 1.31 bits per heavy atom. The molecule has 2 aliphatic carbocycles. The maximum atomic E-state index is 2.48. The first-order chi connectivity index (χ1) is 6.75. The van der Waals surface area contributed by atoms with Crippen molar-refractivity contribution in [2.75, 3.05) is 0 Å². The molecule has 0 nitrogen and oxygen atoms in total. The SMILES string of the molecule is CC1=[C]2CC=C1CC1=CC[C](=C1C)[Hf+2]2.[Cl-].[Cl-]. The maximum absolute atomic E-state index is 2.48. The molecule has 0 saturated heterocycles. The van der Waals surface area contributed by atoms with Crippen LogP contribution in [0, 0.1) is 0 Å². The first-order valence-electron chi connectivity index (χ1n) is 5.31. The van der Waals surface area contributed by atoms with E-state index >= 15 is 0 Å². The third-order valence-electron chi connectivity index (χ3n) is 3.66. The van der Waals surface area contributed by atoms with Gasteiger partial charge in [0.05, 0.1) is 0 Å². The van der Waals surface area contributed by atoms with Crippen molar-refractivity contribution in [3.05, 3.63) is 41.1 Å². The van der Waals surface area contributed by atoms with Gasteiger partial charge in [-0.15, -0.1) is 0 Å². The molecule has 0 unspecified atom stereocenters. The number of fused-ring (bicyclic) bond motifs is 2. The van der Waals surface area contributed by atoms with E-state index in [1.807, 2.05) is 6.66 Å². The molecule has 3 rings (SSSR count). The molecule has 0 N–H and O–H groups in total. The Balaban J connectivity index is 0.000000640. The molecule has 0 aromatic heterocycles. The second-order valence-corrected chi connectivity index (χ2v) is 9.61. The zero-order valence-corrected chi connectivity index (χ0v) is 14.6. The molecule has 16 heavy (non-hydrogen) atoms. The monoisotopic (exact) mass is 420 g/mol. The quantitative estimate of drug-likeness (QED) is 0.387. The van der Waals surface area contributed by atoms with Crippen molar-refractivity contribution in [3.8, 4) is 0 Å². The Morgan fingerprint density at radius 1 is 0.875 bits per heavy atom. The molecule has 0 saturated carbocycles. The predicted octanol–water partition coefficient (Wildman–Crippen LogP) is -2.31. The Labute approximate surface area is 121 Å². The normalized spacial score (nSPS) is 20.9. The Kier molecular flexibility index (Phi) is 4.86. The molecule has 0 amide bonds. The minimum atomic E-state index is -0.601. The molecule has 4 bridgehead atoms. The summed E-state index contributed by atoms with van der Waals surface area (Å²) < 4.78 is 3.73. The van der Waals surface area contributed by atoms with E-state index in [0.717, 1.165) is 0 Å². The van der Waals surface area contributed by atoms with E-state index in [1.165, 1.54) is 19.3 Å². The van der Waals surface area contributed by atoms with Gasteiger partial charge in [-0.3, -0.25) is 0 Å². The van der Waals surface area contributed by atoms with E-state index in [9.17, 15) is 0 Å². The number of halogens is 2. The smallest absolute Gasteiger partial charge is 1.00 e. The van der Waals surface area contributed by atoms with Crippen LogP contribution in [0.25, 0.3) is 0 Å². The van der Waals surface area contributed by atoms with Gasteiger partial charge < -0.3 is 24.8 Å². The second kappa shape index (κ2) is 5.37. The van der Waals surface area contributed by atoms with Crippen LogP contribution in [0.3, 0.4) is 0 Å². The molecule has 0 atom stereocenters.